The minimum absolute atomic E-state index is 0.808. The summed E-state index contributed by atoms with van der Waals surface area (Å²) in [5.41, 5.74) is 2.33. The Morgan fingerprint density at radius 1 is 1.07 bits per heavy atom. The quantitative estimate of drug-likeness (QED) is 0.755. The van der Waals surface area contributed by atoms with E-state index in [-0.39, 0.29) is 0 Å². The number of H-pyrrole nitrogens is 1. The smallest absolute Gasteiger partial charge is 0.0490 e. The Labute approximate surface area is 82.4 Å². The lowest BCUT2D eigenvalue weighted by Crippen LogP contribution is -2.12. The Bertz CT molecular complexity index is 355. The first-order chi connectivity index (χ1) is 6.95. The van der Waals surface area contributed by atoms with Crippen molar-refractivity contribution in [3.8, 4) is 0 Å². The lowest BCUT2D eigenvalue weighted by molar-refractivity contribution is 0.677. The van der Waals surface area contributed by atoms with Crippen LogP contribution in [0.1, 0.15) is 11.3 Å². The molecule has 0 radical (unpaired) electrons. The van der Waals surface area contributed by atoms with Crippen molar-refractivity contribution in [1.82, 2.24) is 20.5 Å². The summed E-state index contributed by atoms with van der Waals surface area (Å²) < 4.78 is 0. The van der Waals surface area contributed by atoms with Crippen LogP contribution in [0, 0.1) is 0 Å². The molecule has 0 aliphatic rings. The van der Waals surface area contributed by atoms with Gasteiger partial charge < -0.3 is 5.32 Å². The fourth-order valence-electron chi connectivity index (χ4n) is 1.23. The van der Waals surface area contributed by atoms with Crippen LogP contribution in [-0.4, -0.2) is 15.2 Å². The van der Waals surface area contributed by atoms with Crippen molar-refractivity contribution in [3.05, 3.63) is 48.0 Å². The van der Waals surface area contributed by atoms with E-state index in [1.165, 1.54) is 5.56 Å². The van der Waals surface area contributed by atoms with E-state index < -0.39 is 0 Å². The molecule has 4 heteroatoms. The van der Waals surface area contributed by atoms with Gasteiger partial charge in [0.25, 0.3) is 0 Å². The van der Waals surface area contributed by atoms with Crippen LogP contribution >= 0.6 is 0 Å². The molecule has 0 aliphatic carbocycles. The molecule has 0 fully saturated rings. The summed E-state index contributed by atoms with van der Waals surface area (Å²) in [6, 6.07) is 5.96. The number of hydrogen-bond acceptors (Lipinski definition) is 3. The highest BCUT2D eigenvalue weighted by Crippen LogP contribution is 1.96. The van der Waals surface area contributed by atoms with E-state index in [9.17, 15) is 0 Å². The maximum Gasteiger partial charge on any atom is 0.0490 e. The van der Waals surface area contributed by atoms with Gasteiger partial charge in [-0.25, -0.2) is 0 Å². The van der Waals surface area contributed by atoms with Gasteiger partial charge in [0.2, 0.25) is 0 Å². The number of nitrogens with one attached hydrogen (secondary N) is 2. The number of hydrogen-bond donors (Lipinski definition) is 2. The Morgan fingerprint density at radius 2 is 1.93 bits per heavy atom. The van der Waals surface area contributed by atoms with E-state index in [0.29, 0.717) is 0 Å². The number of pyridine rings is 1. The third-order valence-corrected chi connectivity index (χ3v) is 1.95. The Hall–Kier alpha value is -1.68. The largest absolute Gasteiger partial charge is 0.307 e. The third-order valence-electron chi connectivity index (χ3n) is 1.95. The van der Waals surface area contributed by atoms with E-state index in [1.54, 1.807) is 18.6 Å². The molecular weight excluding hydrogens is 176 g/mol. The second-order valence-corrected chi connectivity index (χ2v) is 3.04. The third kappa shape index (κ3) is 2.40. The van der Waals surface area contributed by atoms with Crippen LogP contribution in [-0.2, 0) is 13.1 Å². The maximum absolute atomic E-state index is 3.96. The molecule has 2 aromatic heterocycles. The molecule has 2 N–H and O–H groups in total. The van der Waals surface area contributed by atoms with Crippen LogP contribution in [0.25, 0.3) is 0 Å². The van der Waals surface area contributed by atoms with Crippen molar-refractivity contribution in [2.24, 2.45) is 0 Å². The summed E-state index contributed by atoms with van der Waals surface area (Å²) in [6.45, 7) is 1.66. The number of aromatic amines is 1. The van der Waals surface area contributed by atoms with Crippen LogP contribution in [0.2, 0.25) is 0 Å². The second-order valence-electron chi connectivity index (χ2n) is 3.04. The zero-order chi connectivity index (χ0) is 9.64. The minimum atomic E-state index is 0.808. The fraction of sp³-hybridized carbons (Fsp3) is 0.200. The molecule has 0 atom stereocenters. The normalized spacial score (nSPS) is 10.3. The van der Waals surface area contributed by atoms with Gasteiger partial charge in [0.05, 0.1) is 0 Å². The second kappa shape index (κ2) is 4.53. The molecule has 0 bridgehead atoms. The van der Waals surface area contributed by atoms with Gasteiger partial charge in [-0.3, -0.25) is 10.1 Å². The number of rotatable bonds is 4. The molecule has 0 saturated carbocycles. The van der Waals surface area contributed by atoms with Crippen LogP contribution in [0.4, 0.5) is 0 Å². The molecule has 72 valence electrons. The summed E-state index contributed by atoms with van der Waals surface area (Å²) in [7, 11) is 0. The molecule has 2 aromatic rings. The molecule has 2 rings (SSSR count). The highest BCUT2D eigenvalue weighted by atomic mass is 15.1. The van der Waals surface area contributed by atoms with E-state index in [2.05, 4.69) is 20.5 Å². The van der Waals surface area contributed by atoms with Crippen molar-refractivity contribution in [2.75, 3.05) is 0 Å². The molecule has 0 unspecified atom stereocenters. The van der Waals surface area contributed by atoms with Crippen molar-refractivity contribution < 1.29 is 0 Å². The maximum atomic E-state index is 3.96. The number of nitrogens with zero attached hydrogens (tertiary/aromatic N) is 2. The highest BCUT2D eigenvalue weighted by Gasteiger charge is 1.93. The zero-order valence-electron chi connectivity index (χ0n) is 7.77. The Kier molecular flexibility index (Phi) is 2.88. The molecule has 4 nitrogen and oxygen atoms in total. The van der Waals surface area contributed by atoms with Gasteiger partial charge in [0.15, 0.2) is 0 Å². The monoisotopic (exact) mass is 188 g/mol. The SMILES string of the molecule is c1cc(CNCc2ccn[nH]2)ccn1. The van der Waals surface area contributed by atoms with Crippen LogP contribution in [0.15, 0.2) is 36.8 Å². The van der Waals surface area contributed by atoms with Crippen LogP contribution in [0.5, 0.6) is 0 Å². The summed E-state index contributed by atoms with van der Waals surface area (Å²) >= 11 is 0. The lowest BCUT2D eigenvalue weighted by atomic mass is 10.3. The average Bonchev–Trinajstić information content (AvgIpc) is 2.72. The van der Waals surface area contributed by atoms with Crippen molar-refractivity contribution in [1.29, 1.82) is 0 Å². The summed E-state index contributed by atoms with van der Waals surface area (Å²) in [4.78, 5) is 3.96. The molecule has 0 amide bonds. The van der Waals surface area contributed by atoms with Gasteiger partial charge in [-0.15, -0.1) is 0 Å². The van der Waals surface area contributed by atoms with Crippen molar-refractivity contribution >= 4 is 0 Å². The highest BCUT2D eigenvalue weighted by molar-refractivity contribution is 5.09. The van der Waals surface area contributed by atoms with Crippen molar-refractivity contribution in [2.45, 2.75) is 13.1 Å². The Morgan fingerprint density at radius 3 is 2.64 bits per heavy atom. The summed E-state index contributed by atoms with van der Waals surface area (Å²) in [5, 5.41) is 10.1. The molecule has 0 saturated heterocycles. The van der Waals surface area contributed by atoms with Gasteiger partial charge in [-0.1, -0.05) is 0 Å². The van der Waals surface area contributed by atoms with E-state index in [0.717, 1.165) is 18.8 Å². The van der Waals surface area contributed by atoms with Crippen LogP contribution < -0.4 is 5.32 Å². The average molecular weight is 188 g/mol. The first-order valence-corrected chi connectivity index (χ1v) is 4.53. The summed E-state index contributed by atoms with van der Waals surface area (Å²) in [6.07, 6.45) is 5.35. The zero-order valence-corrected chi connectivity index (χ0v) is 7.77. The molecule has 0 spiro atoms. The van der Waals surface area contributed by atoms with E-state index in [4.69, 9.17) is 0 Å². The van der Waals surface area contributed by atoms with Gasteiger partial charge in [-0.05, 0) is 23.8 Å². The summed E-state index contributed by atoms with van der Waals surface area (Å²) in [5.74, 6) is 0. The molecule has 0 aromatic carbocycles. The first-order valence-electron chi connectivity index (χ1n) is 4.53. The molecular formula is C10H12N4. The standard InChI is InChI=1S/C10H12N4/c1-4-11-5-2-9(1)7-12-8-10-3-6-13-14-10/h1-6,12H,7-8H2,(H,13,14). The van der Waals surface area contributed by atoms with Gasteiger partial charge in [0.1, 0.15) is 0 Å². The van der Waals surface area contributed by atoms with E-state index in [1.807, 2.05) is 18.2 Å². The first kappa shape index (κ1) is 8.90. The molecule has 2 heterocycles. The van der Waals surface area contributed by atoms with Crippen molar-refractivity contribution in [3.63, 3.8) is 0 Å². The van der Waals surface area contributed by atoms with Gasteiger partial charge in [-0.2, -0.15) is 5.10 Å². The van der Waals surface area contributed by atoms with E-state index >= 15 is 0 Å². The predicted molar refractivity (Wildman–Crippen MR) is 53.4 cm³/mol. The van der Waals surface area contributed by atoms with Crippen LogP contribution in [0.3, 0.4) is 0 Å². The fourth-order valence-corrected chi connectivity index (χ4v) is 1.23. The molecule has 14 heavy (non-hydrogen) atoms. The van der Waals surface area contributed by atoms with Gasteiger partial charge in [0, 0.05) is 37.4 Å². The molecule has 0 aliphatic heterocycles. The Balaban J connectivity index is 1.79. The minimum Gasteiger partial charge on any atom is -0.307 e. The topological polar surface area (TPSA) is 53.6 Å². The predicted octanol–water partition coefficient (Wildman–Crippen LogP) is 1.09. The number of aromatic nitrogens is 3. The lowest BCUT2D eigenvalue weighted by Gasteiger charge is -2.02. The van der Waals surface area contributed by atoms with Gasteiger partial charge >= 0.3 is 0 Å².